The molecule has 13 heavy (non-hydrogen) atoms. The minimum atomic E-state index is -0.846. The van der Waals surface area contributed by atoms with Gasteiger partial charge in [0.15, 0.2) is 0 Å². The number of aryl methyl sites for hydroxylation is 1. The zero-order chi connectivity index (χ0) is 9.68. The van der Waals surface area contributed by atoms with Crippen molar-refractivity contribution in [3.05, 3.63) is 29.6 Å². The molecule has 0 atom stereocenters. The van der Waals surface area contributed by atoms with Gasteiger partial charge >= 0.3 is 5.97 Å². The van der Waals surface area contributed by atoms with Crippen molar-refractivity contribution in [3.8, 4) is 0 Å². The van der Waals surface area contributed by atoms with Gasteiger partial charge in [0.2, 0.25) is 0 Å². The molecule has 1 aromatic rings. The molecule has 0 aliphatic heterocycles. The van der Waals surface area contributed by atoms with Gasteiger partial charge in [-0.15, -0.1) is 0 Å². The molecule has 0 radical (unpaired) electrons. The van der Waals surface area contributed by atoms with Crippen LogP contribution in [0.5, 0.6) is 0 Å². The summed E-state index contributed by atoms with van der Waals surface area (Å²) >= 11 is 0. The van der Waals surface area contributed by atoms with Crippen molar-refractivity contribution < 1.29 is 9.90 Å². The number of rotatable bonds is 4. The topological polar surface area (TPSA) is 62.2 Å². The van der Waals surface area contributed by atoms with Crippen molar-refractivity contribution in [2.75, 3.05) is 6.54 Å². The van der Waals surface area contributed by atoms with Gasteiger partial charge in [-0.3, -0.25) is 9.78 Å². The van der Waals surface area contributed by atoms with Gasteiger partial charge in [0.25, 0.3) is 0 Å². The average molecular weight is 180 g/mol. The molecule has 4 heteroatoms. The normalized spacial score (nSPS) is 9.92. The van der Waals surface area contributed by atoms with Gasteiger partial charge in [-0.1, -0.05) is 0 Å². The van der Waals surface area contributed by atoms with Gasteiger partial charge in [-0.05, 0) is 24.1 Å². The molecule has 0 aliphatic carbocycles. The van der Waals surface area contributed by atoms with Crippen molar-refractivity contribution in [2.45, 2.75) is 13.5 Å². The maximum Gasteiger partial charge on any atom is 0.317 e. The highest BCUT2D eigenvalue weighted by Gasteiger charge is 1.98. The number of carboxylic acids is 1. The quantitative estimate of drug-likeness (QED) is 0.710. The number of pyridine rings is 1. The Kier molecular flexibility index (Phi) is 3.40. The first-order valence-electron chi connectivity index (χ1n) is 4.02. The van der Waals surface area contributed by atoms with Crippen molar-refractivity contribution in [2.24, 2.45) is 0 Å². The Bertz CT molecular complexity index is 299. The summed E-state index contributed by atoms with van der Waals surface area (Å²) in [5.74, 6) is -0.846. The third-order valence-electron chi connectivity index (χ3n) is 1.74. The summed E-state index contributed by atoms with van der Waals surface area (Å²) in [5, 5.41) is 11.2. The molecule has 0 amide bonds. The Morgan fingerprint density at radius 2 is 2.46 bits per heavy atom. The smallest absolute Gasteiger partial charge is 0.317 e. The highest BCUT2D eigenvalue weighted by atomic mass is 16.4. The number of hydrogen-bond acceptors (Lipinski definition) is 3. The van der Waals surface area contributed by atoms with E-state index in [-0.39, 0.29) is 6.54 Å². The van der Waals surface area contributed by atoms with Crippen LogP contribution >= 0.6 is 0 Å². The van der Waals surface area contributed by atoms with E-state index in [1.165, 1.54) is 0 Å². The summed E-state index contributed by atoms with van der Waals surface area (Å²) in [7, 11) is 0. The Morgan fingerprint density at radius 3 is 3.08 bits per heavy atom. The van der Waals surface area contributed by atoms with Crippen LogP contribution in [0.1, 0.15) is 11.1 Å². The fourth-order valence-electron chi connectivity index (χ4n) is 0.986. The van der Waals surface area contributed by atoms with Crippen LogP contribution in [0.25, 0.3) is 0 Å². The minimum Gasteiger partial charge on any atom is -0.480 e. The second kappa shape index (κ2) is 4.57. The number of aliphatic carboxylic acids is 1. The van der Waals surface area contributed by atoms with Gasteiger partial charge in [-0.2, -0.15) is 0 Å². The predicted molar refractivity (Wildman–Crippen MR) is 48.3 cm³/mol. The van der Waals surface area contributed by atoms with Gasteiger partial charge in [0.05, 0.1) is 6.54 Å². The minimum absolute atomic E-state index is 0.0195. The van der Waals surface area contributed by atoms with Gasteiger partial charge in [0, 0.05) is 18.9 Å². The van der Waals surface area contributed by atoms with Crippen LogP contribution in [0.2, 0.25) is 0 Å². The van der Waals surface area contributed by atoms with E-state index in [4.69, 9.17) is 5.11 Å². The maximum atomic E-state index is 10.2. The molecule has 0 saturated carbocycles. The lowest BCUT2D eigenvalue weighted by Crippen LogP contribution is -2.22. The van der Waals surface area contributed by atoms with E-state index < -0.39 is 5.97 Å². The van der Waals surface area contributed by atoms with Crippen LogP contribution in [-0.2, 0) is 11.3 Å². The molecule has 0 aromatic carbocycles. The van der Waals surface area contributed by atoms with Gasteiger partial charge < -0.3 is 10.4 Å². The van der Waals surface area contributed by atoms with Crippen molar-refractivity contribution in [1.82, 2.24) is 10.3 Å². The number of carbonyl (C=O) groups is 1. The lowest BCUT2D eigenvalue weighted by atomic mass is 10.2. The van der Waals surface area contributed by atoms with E-state index in [0.29, 0.717) is 6.54 Å². The molecule has 4 nitrogen and oxygen atoms in total. The predicted octanol–water partition coefficient (Wildman–Crippen LogP) is 0.564. The Balaban J connectivity index is 2.45. The highest BCUT2D eigenvalue weighted by Crippen LogP contribution is 2.03. The van der Waals surface area contributed by atoms with E-state index in [2.05, 4.69) is 10.3 Å². The van der Waals surface area contributed by atoms with Gasteiger partial charge in [0.1, 0.15) is 0 Å². The van der Waals surface area contributed by atoms with E-state index in [0.717, 1.165) is 11.1 Å². The summed E-state index contributed by atoms with van der Waals surface area (Å²) in [6.07, 6.45) is 3.46. The van der Waals surface area contributed by atoms with Crippen molar-refractivity contribution in [3.63, 3.8) is 0 Å². The lowest BCUT2D eigenvalue weighted by molar-refractivity contribution is -0.135. The first kappa shape index (κ1) is 9.67. The summed E-state index contributed by atoms with van der Waals surface area (Å²) < 4.78 is 0. The zero-order valence-electron chi connectivity index (χ0n) is 7.45. The molecule has 0 aliphatic rings. The second-order valence-electron chi connectivity index (χ2n) is 2.80. The fraction of sp³-hybridized carbons (Fsp3) is 0.333. The molecule has 0 unspecified atom stereocenters. The number of nitrogens with zero attached hydrogens (tertiary/aromatic N) is 1. The molecule has 1 rings (SSSR count). The number of nitrogens with one attached hydrogen (secondary N) is 1. The largest absolute Gasteiger partial charge is 0.480 e. The molecule has 2 N–H and O–H groups in total. The van der Waals surface area contributed by atoms with Crippen molar-refractivity contribution >= 4 is 5.97 Å². The molecule has 1 heterocycles. The van der Waals surface area contributed by atoms with Crippen LogP contribution < -0.4 is 5.32 Å². The fourth-order valence-corrected chi connectivity index (χ4v) is 0.986. The van der Waals surface area contributed by atoms with Crippen LogP contribution in [0.15, 0.2) is 18.5 Å². The molecule has 0 spiro atoms. The first-order chi connectivity index (χ1) is 6.20. The Labute approximate surface area is 76.6 Å². The van der Waals surface area contributed by atoms with Crippen LogP contribution in [0.4, 0.5) is 0 Å². The Morgan fingerprint density at radius 1 is 1.69 bits per heavy atom. The third kappa shape index (κ3) is 3.21. The molecule has 0 saturated heterocycles. The summed E-state index contributed by atoms with van der Waals surface area (Å²) in [6.45, 7) is 2.50. The standard InChI is InChI=1S/C9H12N2O2/c1-7-2-3-10-4-8(7)5-11-6-9(12)13/h2-4,11H,5-6H2,1H3,(H,12,13). The van der Waals surface area contributed by atoms with Gasteiger partial charge in [-0.25, -0.2) is 0 Å². The number of hydrogen-bond donors (Lipinski definition) is 2. The first-order valence-corrected chi connectivity index (χ1v) is 4.02. The van der Waals surface area contributed by atoms with E-state index >= 15 is 0 Å². The molecule has 1 aromatic heterocycles. The van der Waals surface area contributed by atoms with E-state index in [1.54, 1.807) is 12.4 Å². The van der Waals surface area contributed by atoms with Crippen LogP contribution in [0, 0.1) is 6.92 Å². The Hall–Kier alpha value is -1.42. The molecule has 70 valence electrons. The molecule has 0 bridgehead atoms. The maximum absolute atomic E-state index is 10.2. The summed E-state index contributed by atoms with van der Waals surface area (Å²) in [6, 6.07) is 1.90. The highest BCUT2D eigenvalue weighted by molar-refractivity contribution is 5.68. The van der Waals surface area contributed by atoms with Crippen LogP contribution in [0.3, 0.4) is 0 Å². The molecular formula is C9H12N2O2. The lowest BCUT2D eigenvalue weighted by Gasteiger charge is -2.04. The number of carboxylic acid groups (broad SMARTS) is 1. The van der Waals surface area contributed by atoms with E-state index in [1.807, 2.05) is 13.0 Å². The second-order valence-corrected chi connectivity index (χ2v) is 2.80. The molecule has 0 fully saturated rings. The average Bonchev–Trinajstić information content (AvgIpc) is 2.08. The monoisotopic (exact) mass is 180 g/mol. The number of aromatic nitrogens is 1. The third-order valence-corrected chi connectivity index (χ3v) is 1.74. The molecular weight excluding hydrogens is 168 g/mol. The SMILES string of the molecule is Cc1ccncc1CNCC(=O)O. The van der Waals surface area contributed by atoms with Crippen molar-refractivity contribution in [1.29, 1.82) is 0 Å². The summed E-state index contributed by atoms with van der Waals surface area (Å²) in [5.41, 5.74) is 2.15. The van der Waals surface area contributed by atoms with Crippen LogP contribution in [-0.4, -0.2) is 22.6 Å². The summed E-state index contributed by atoms with van der Waals surface area (Å²) in [4.78, 5) is 14.2. The zero-order valence-corrected chi connectivity index (χ0v) is 7.45. The van der Waals surface area contributed by atoms with E-state index in [9.17, 15) is 4.79 Å².